The van der Waals surface area contributed by atoms with Crippen molar-refractivity contribution in [2.24, 2.45) is 5.92 Å². The fraction of sp³-hybridized carbons (Fsp3) is 1.00. The van der Waals surface area contributed by atoms with Gasteiger partial charge in [0.25, 0.3) is 0 Å². The molecule has 2 aliphatic heterocycles. The van der Waals surface area contributed by atoms with Crippen molar-refractivity contribution < 1.29 is 0 Å². The first kappa shape index (κ1) is 12.3. The predicted molar refractivity (Wildman–Crippen MR) is 68.7 cm³/mol. The maximum atomic E-state index is 3.32. The van der Waals surface area contributed by atoms with Crippen LogP contribution in [0.3, 0.4) is 0 Å². The molecule has 0 aliphatic carbocycles. The van der Waals surface area contributed by atoms with E-state index >= 15 is 0 Å². The topological polar surface area (TPSA) is 18.5 Å². The number of hydrogen-bond acceptors (Lipinski definition) is 3. The third-order valence-electron chi connectivity index (χ3n) is 4.25. The summed E-state index contributed by atoms with van der Waals surface area (Å²) in [5, 5.41) is 3.32. The molecule has 94 valence electrons. The molecule has 1 N–H and O–H groups in total. The van der Waals surface area contributed by atoms with Crippen molar-refractivity contribution in [1.82, 2.24) is 15.1 Å². The summed E-state index contributed by atoms with van der Waals surface area (Å²) in [7, 11) is 2.07. The third-order valence-corrected chi connectivity index (χ3v) is 4.25. The SMILES string of the molecule is CCN1CCCC(N2CCC(CNC)C2)C1. The molecule has 0 saturated carbocycles. The summed E-state index contributed by atoms with van der Waals surface area (Å²) in [6.07, 6.45) is 4.21. The van der Waals surface area contributed by atoms with Gasteiger partial charge in [-0.1, -0.05) is 6.92 Å². The van der Waals surface area contributed by atoms with Crippen LogP contribution in [0.4, 0.5) is 0 Å². The first-order chi connectivity index (χ1) is 7.83. The standard InChI is InChI=1S/C13H27N3/c1-3-15-7-4-5-13(11-15)16-8-6-12(10-16)9-14-2/h12-14H,3-11H2,1-2H3. The summed E-state index contributed by atoms with van der Waals surface area (Å²) in [4.78, 5) is 5.35. The molecule has 0 aromatic carbocycles. The zero-order valence-corrected chi connectivity index (χ0v) is 10.9. The van der Waals surface area contributed by atoms with Gasteiger partial charge >= 0.3 is 0 Å². The Bertz CT molecular complexity index is 207. The molecule has 2 aliphatic rings. The minimum absolute atomic E-state index is 0.843. The lowest BCUT2D eigenvalue weighted by Crippen LogP contribution is -2.47. The molecule has 0 radical (unpaired) electrons. The number of hydrogen-bond donors (Lipinski definition) is 1. The van der Waals surface area contributed by atoms with Crippen LogP contribution in [0, 0.1) is 5.92 Å². The van der Waals surface area contributed by atoms with Gasteiger partial charge in [-0.15, -0.1) is 0 Å². The average molecular weight is 225 g/mol. The summed E-state index contributed by atoms with van der Waals surface area (Å²) < 4.78 is 0. The lowest BCUT2D eigenvalue weighted by Gasteiger charge is -2.37. The summed E-state index contributed by atoms with van der Waals surface area (Å²) in [5.41, 5.74) is 0. The van der Waals surface area contributed by atoms with E-state index in [1.807, 2.05) is 0 Å². The van der Waals surface area contributed by atoms with Crippen LogP contribution in [0.5, 0.6) is 0 Å². The minimum atomic E-state index is 0.843. The maximum absolute atomic E-state index is 3.32. The van der Waals surface area contributed by atoms with Crippen molar-refractivity contribution in [3.63, 3.8) is 0 Å². The van der Waals surface area contributed by atoms with Crippen LogP contribution in [0.25, 0.3) is 0 Å². The smallest absolute Gasteiger partial charge is 0.0223 e. The van der Waals surface area contributed by atoms with Gasteiger partial charge in [0.1, 0.15) is 0 Å². The van der Waals surface area contributed by atoms with Gasteiger partial charge in [0.2, 0.25) is 0 Å². The lowest BCUT2D eigenvalue weighted by molar-refractivity contribution is 0.116. The van der Waals surface area contributed by atoms with Crippen LogP contribution in [0.1, 0.15) is 26.2 Å². The van der Waals surface area contributed by atoms with E-state index in [9.17, 15) is 0 Å². The van der Waals surface area contributed by atoms with Crippen LogP contribution in [-0.4, -0.2) is 62.2 Å². The fourth-order valence-electron chi connectivity index (χ4n) is 3.27. The molecule has 2 unspecified atom stereocenters. The van der Waals surface area contributed by atoms with Gasteiger partial charge in [0.05, 0.1) is 0 Å². The number of nitrogens with zero attached hydrogens (tertiary/aromatic N) is 2. The molecule has 2 heterocycles. The molecule has 0 aromatic heterocycles. The highest BCUT2D eigenvalue weighted by molar-refractivity contribution is 4.86. The van der Waals surface area contributed by atoms with Crippen molar-refractivity contribution >= 4 is 0 Å². The molecule has 3 nitrogen and oxygen atoms in total. The Labute approximate surface area is 100 Å². The van der Waals surface area contributed by atoms with Gasteiger partial charge in [-0.2, -0.15) is 0 Å². The molecule has 2 saturated heterocycles. The summed E-state index contributed by atoms with van der Waals surface area (Å²) in [6, 6.07) is 0.843. The van der Waals surface area contributed by atoms with Gasteiger partial charge in [-0.25, -0.2) is 0 Å². The molecular formula is C13H27N3. The van der Waals surface area contributed by atoms with Gasteiger partial charge in [-0.05, 0) is 58.4 Å². The minimum Gasteiger partial charge on any atom is -0.319 e. The van der Waals surface area contributed by atoms with Crippen LogP contribution in [-0.2, 0) is 0 Å². The largest absolute Gasteiger partial charge is 0.319 e. The van der Waals surface area contributed by atoms with Crippen LogP contribution < -0.4 is 5.32 Å². The molecule has 2 fully saturated rings. The monoisotopic (exact) mass is 225 g/mol. The average Bonchev–Trinajstić information content (AvgIpc) is 2.78. The molecular weight excluding hydrogens is 198 g/mol. The van der Waals surface area contributed by atoms with E-state index in [-0.39, 0.29) is 0 Å². The van der Waals surface area contributed by atoms with Gasteiger partial charge in [0, 0.05) is 19.1 Å². The second kappa shape index (κ2) is 5.99. The second-order valence-electron chi connectivity index (χ2n) is 5.40. The van der Waals surface area contributed by atoms with Crippen LogP contribution in [0.15, 0.2) is 0 Å². The second-order valence-corrected chi connectivity index (χ2v) is 5.40. The van der Waals surface area contributed by atoms with E-state index in [1.165, 1.54) is 58.5 Å². The van der Waals surface area contributed by atoms with Crippen molar-refractivity contribution in [3.05, 3.63) is 0 Å². The van der Waals surface area contributed by atoms with E-state index in [0.29, 0.717) is 0 Å². The highest BCUT2D eigenvalue weighted by Gasteiger charge is 2.30. The zero-order valence-electron chi connectivity index (χ0n) is 10.9. The van der Waals surface area contributed by atoms with Crippen LogP contribution in [0.2, 0.25) is 0 Å². The molecule has 2 rings (SSSR count). The zero-order chi connectivity index (χ0) is 11.4. The first-order valence-electron chi connectivity index (χ1n) is 6.94. The van der Waals surface area contributed by atoms with Crippen molar-refractivity contribution in [2.75, 3.05) is 46.3 Å². The molecule has 0 amide bonds. The van der Waals surface area contributed by atoms with Crippen molar-refractivity contribution in [3.8, 4) is 0 Å². The Morgan fingerprint density at radius 1 is 1.19 bits per heavy atom. The molecule has 0 spiro atoms. The number of likely N-dealkylation sites (tertiary alicyclic amines) is 2. The highest BCUT2D eigenvalue weighted by atomic mass is 15.2. The van der Waals surface area contributed by atoms with E-state index in [1.54, 1.807) is 0 Å². The number of piperidine rings is 1. The Hall–Kier alpha value is -0.120. The molecule has 16 heavy (non-hydrogen) atoms. The fourth-order valence-corrected chi connectivity index (χ4v) is 3.27. The normalized spacial score (nSPS) is 33.4. The Balaban J connectivity index is 1.79. The highest BCUT2D eigenvalue weighted by Crippen LogP contribution is 2.23. The lowest BCUT2D eigenvalue weighted by atomic mass is 10.0. The Kier molecular flexibility index (Phi) is 4.62. The predicted octanol–water partition coefficient (Wildman–Crippen LogP) is 1.01. The van der Waals surface area contributed by atoms with E-state index in [2.05, 4.69) is 29.1 Å². The molecule has 2 atom stereocenters. The number of nitrogens with one attached hydrogen (secondary N) is 1. The quantitative estimate of drug-likeness (QED) is 0.770. The van der Waals surface area contributed by atoms with Crippen molar-refractivity contribution in [1.29, 1.82) is 0 Å². The summed E-state index contributed by atoms with van der Waals surface area (Å²) in [6.45, 7) is 9.99. The van der Waals surface area contributed by atoms with E-state index in [0.717, 1.165) is 12.0 Å². The Morgan fingerprint density at radius 2 is 2.06 bits per heavy atom. The molecule has 0 aromatic rings. The maximum Gasteiger partial charge on any atom is 0.0223 e. The Morgan fingerprint density at radius 3 is 2.81 bits per heavy atom. The van der Waals surface area contributed by atoms with Gasteiger partial charge in [-0.3, -0.25) is 4.90 Å². The first-order valence-corrected chi connectivity index (χ1v) is 6.94. The third kappa shape index (κ3) is 2.96. The van der Waals surface area contributed by atoms with Gasteiger partial charge < -0.3 is 10.2 Å². The van der Waals surface area contributed by atoms with Crippen molar-refractivity contribution in [2.45, 2.75) is 32.2 Å². The number of rotatable bonds is 4. The van der Waals surface area contributed by atoms with E-state index < -0.39 is 0 Å². The van der Waals surface area contributed by atoms with Crippen LogP contribution >= 0.6 is 0 Å². The summed E-state index contributed by atoms with van der Waals surface area (Å²) in [5.74, 6) is 0.891. The van der Waals surface area contributed by atoms with E-state index in [4.69, 9.17) is 0 Å². The molecule has 3 heteroatoms. The molecule has 0 bridgehead atoms. The van der Waals surface area contributed by atoms with Gasteiger partial charge in [0.15, 0.2) is 0 Å². The number of likely N-dealkylation sites (N-methyl/N-ethyl adjacent to an activating group) is 1. The summed E-state index contributed by atoms with van der Waals surface area (Å²) >= 11 is 0.